The van der Waals surface area contributed by atoms with Crippen LogP contribution in [0.4, 0.5) is 0 Å². The molecule has 1 fully saturated rings. The summed E-state index contributed by atoms with van der Waals surface area (Å²) in [5, 5.41) is 0. The van der Waals surface area contributed by atoms with Gasteiger partial charge in [-0.3, -0.25) is 9.69 Å². The van der Waals surface area contributed by atoms with Gasteiger partial charge >= 0.3 is 0 Å². The molecule has 162 valence electrons. The molecule has 0 aromatic heterocycles. The minimum Gasteiger partial charge on any atom is -0.491 e. The van der Waals surface area contributed by atoms with Crippen LogP contribution >= 0.6 is 24.0 Å². The van der Waals surface area contributed by atoms with Crippen molar-refractivity contribution in [3.63, 3.8) is 0 Å². The van der Waals surface area contributed by atoms with Gasteiger partial charge in [-0.05, 0) is 31.2 Å². The van der Waals surface area contributed by atoms with Crippen LogP contribution in [-0.2, 0) is 9.53 Å². The third kappa shape index (κ3) is 6.69. The summed E-state index contributed by atoms with van der Waals surface area (Å²) >= 11 is 6.58. The molecule has 2 aromatic rings. The van der Waals surface area contributed by atoms with Gasteiger partial charge < -0.3 is 14.2 Å². The number of nitrogens with zero attached hydrogens (tertiary/aromatic N) is 1. The van der Waals surface area contributed by atoms with Crippen LogP contribution in [-0.4, -0.2) is 48.1 Å². The average Bonchev–Trinajstić information content (AvgIpc) is 3.03. The smallest absolute Gasteiger partial charge is 0.266 e. The molecule has 0 saturated carbocycles. The van der Waals surface area contributed by atoms with E-state index in [1.54, 1.807) is 6.08 Å². The summed E-state index contributed by atoms with van der Waals surface area (Å²) in [6.45, 7) is 7.91. The van der Waals surface area contributed by atoms with Crippen molar-refractivity contribution in [2.75, 3.05) is 33.0 Å². The summed E-state index contributed by atoms with van der Waals surface area (Å²) in [5.74, 6) is 1.41. The predicted molar refractivity (Wildman–Crippen MR) is 130 cm³/mol. The third-order valence-electron chi connectivity index (χ3n) is 4.39. The molecule has 2 aromatic carbocycles. The van der Waals surface area contributed by atoms with E-state index in [9.17, 15) is 4.79 Å². The van der Waals surface area contributed by atoms with Crippen LogP contribution < -0.4 is 9.47 Å². The van der Waals surface area contributed by atoms with Gasteiger partial charge in [0.05, 0.1) is 18.1 Å². The van der Waals surface area contributed by atoms with Gasteiger partial charge in [0.25, 0.3) is 5.91 Å². The van der Waals surface area contributed by atoms with E-state index in [-0.39, 0.29) is 5.91 Å². The maximum absolute atomic E-state index is 12.5. The van der Waals surface area contributed by atoms with Gasteiger partial charge in [0.15, 0.2) is 0 Å². The van der Waals surface area contributed by atoms with Crippen LogP contribution in [0.25, 0.3) is 6.08 Å². The first kappa shape index (κ1) is 23.1. The molecule has 0 atom stereocenters. The lowest BCUT2D eigenvalue weighted by Crippen LogP contribution is -2.27. The zero-order valence-corrected chi connectivity index (χ0v) is 19.0. The molecule has 3 rings (SSSR count). The van der Waals surface area contributed by atoms with Crippen LogP contribution in [0, 0.1) is 6.92 Å². The number of amides is 1. The Morgan fingerprint density at radius 2 is 1.74 bits per heavy atom. The molecule has 1 aliphatic rings. The standard InChI is InChI=1S/C24H25NO4S2/c1-3-12-25-23(26)22(31-24(25)30)17-19-6-4-5-7-21(19)29-16-14-27-13-15-28-20-10-8-18(2)9-11-20/h3-11,17H,1,12-16H2,2H3/b22-17+. The number of carbonyl (C=O) groups is 1. The molecule has 5 nitrogen and oxygen atoms in total. The van der Waals surface area contributed by atoms with Gasteiger partial charge in [-0.25, -0.2) is 0 Å². The molecule has 31 heavy (non-hydrogen) atoms. The fraction of sp³-hybridized carbons (Fsp3) is 0.250. The lowest BCUT2D eigenvalue weighted by atomic mass is 10.2. The van der Waals surface area contributed by atoms with Crippen molar-refractivity contribution in [3.8, 4) is 11.5 Å². The van der Waals surface area contributed by atoms with E-state index in [2.05, 4.69) is 6.58 Å². The van der Waals surface area contributed by atoms with E-state index in [1.807, 2.05) is 61.5 Å². The number of thioether (sulfide) groups is 1. The van der Waals surface area contributed by atoms with Gasteiger partial charge in [0.1, 0.15) is 29.0 Å². The van der Waals surface area contributed by atoms with Gasteiger partial charge in [0, 0.05) is 12.1 Å². The largest absolute Gasteiger partial charge is 0.491 e. The number of hydrogen-bond acceptors (Lipinski definition) is 6. The van der Waals surface area contributed by atoms with E-state index in [0.29, 0.717) is 47.9 Å². The Bertz CT molecular complexity index is 956. The zero-order chi connectivity index (χ0) is 22.1. The summed E-state index contributed by atoms with van der Waals surface area (Å²) in [6.07, 6.45) is 3.48. The highest BCUT2D eigenvalue weighted by molar-refractivity contribution is 8.26. The topological polar surface area (TPSA) is 48.0 Å². The van der Waals surface area contributed by atoms with E-state index in [4.69, 9.17) is 26.4 Å². The number of benzene rings is 2. The van der Waals surface area contributed by atoms with Crippen LogP contribution in [0.2, 0.25) is 0 Å². The SMILES string of the molecule is C=CCN1C(=O)/C(=C\c2ccccc2OCCOCCOc2ccc(C)cc2)SC1=S. The molecule has 0 aliphatic carbocycles. The molecule has 0 radical (unpaired) electrons. The highest BCUT2D eigenvalue weighted by Gasteiger charge is 2.31. The monoisotopic (exact) mass is 455 g/mol. The fourth-order valence-electron chi connectivity index (χ4n) is 2.82. The Morgan fingerprint density at radius 3 is 2.48 bits per heavy atom. The molecule has 1 heterocycles. The third-order valence-corrected chi connectivity index (χ3v) is 5.77. The number of rotatable bonds is 11. The van der Waals surface area contributed by atoms with Crippen molar-refractivity contribution >= 4 is 40.3 Å². The summed E-state index contributed by atoms with van der Waals surface area (Å²) in [7, 11) is 0. The lowest BCUT2D eigenvalue weighted by Gasteiger charge is -2.11. The van der Waals surface area contributed by atoms with Crippen LogP contribution in [0.1, 0.15) is 11.1 Å². The number of ether oxygens (including phenoxy) is 3. The Balaban J connectivity index is 1.45. The zero-order valence-electron chi connectivity index (χ0n) is 17.4. The quantitative estimate of drug-likeness (QED) is 0.209. The van der Waals surface area contributed by atoms with E-state index in [1.165, 1.54) is 22.2 Å². The second kappa shape index (κ2) is 11.7. The molecule has 1 saturated heterocycles. The molecule has 0 N–H and O–H groups in total. The van der Waals surface area contributed by atoms with Crippen molar-refractivity contribution in [1.29, 1.82) is 0 Å². The molecule has 0 unspecified atom stereocenters. The fourth-order valence-corrected chi connectivity index (χ4v) is 4.09. The van der Waals surface area contributed by atoms with Crippen LogP contribution in [0.5, 0.6) is 11.5 Å². The van der Waals surface area contributed by atoms with Crippen LogP contribution in [0.15, 0.2) is 66.1 Å². The predicted octanol–water partition coefficient (Wildman–Crippen LogP) is 4.86. The van der Waals surface area contributed by atoms with E-state index in [0.717, 1.165) is 11.3 Å². The molecular formula is C24H25NO4S2. The van der Waals surface area contributed by atoms with Crippen molar-refractivity contribution < 1.29 is 19.0 Å². The maximum Gasteiger partial charge on any atom is 0.266 e. The number of aryl methyl sites for hydroxylation is 1. The Kier molecular flexibility index (Phi) is 8.70. The molecule has 0 bridgehead atoms. The van der Waals surface area contributed by atoms with Crippen molar-refractivity contribution in [1.82, 2.24) is 4.90 Å². The van der Waals surface area contributed by atoms with E-state index < -0.39 is 0 Å². The van der Waals surface area contributed by atoms with E-state index >= 15 is 0 Å². The Labute approximate surface area is 192 Å². The minimum atomic E-state index is -0.110. The van der Waals surface area contributed by atoms with Gasteiger partial charge in [-0.15, -0.1) is 6.58 Å². The summed E-state index contributed by atoms with van der Waals surface area (Å²) in [4.78, 5) is 14.6. The first-order valence-electron chi connectivity index (χ1n) is 9.94. The van der Waals surface area contributed by atoms with Crippen molar-refractivity contribution in [2.45, 2.75) is 6.92 Å². The van der Waals surface area contributed by atoms with Gasteiger partial charge in [0.2, 0.25) is 0 Å². The number of thiocarbonyl (C=S) groups is 1. The molecule has 0 spiro atoms. The second-order valence-corrected chi connectivity index (χ2v) is 8.42. The van der Waals surface area contributed by atoms with Gasteiger partial charge in [-0.2, -0.15) is 0 Å². The highest BCUT2D eigenvalue weighted by Crippen LogP contribution is 2.34. The normalized spacial score (nSPS) is 14.9. The molecular weight excluding hydrogens is 430 g/mol. The lowest BCUT2D eigenvalue weighted by molar-refractivity contribution is -0.121. The van der Waals surface area contributed by atoms with Crippen LogP contribution in [0.3, 0.4) is 0 Å². The van der Waals surface area contributed by atoms with Crippen molar-refractivity contribution in [2.24, 2.45) is 0 Å². The molecule has 7 heteroatoms. The Hall–Kier alpha value is -2.61. The molecule has 1 amide bonds. The number of hydrogen-bond donors (Lipinski definition) is 0. The Morgan fingerprint density at radius 1 is 1.03 bits per heavy atom. The highest BCUT2D eigenvalue weighted by atomic mass is 32.2. The maximum atomic E-state index is 12.5. The second-order valence-electron chi connectivity index (χ2n) is 6.74. The van der Waals surface area contributed by atoms with Gasteiger partial charge in [-0.1, -0.05) is 66.0 Å². The number of para-hydroxylation sites is 1. The summed E-state index contributed by atoms with van der Waals surface area (Å²) in [6, 6.07) is 15.5. The summed E-state index contributed by atoms with van der Waals surface area (Å²) < 4.78 is 17.6. The first-order chi connectivity index (χ1) is 15.1. The first-order valence-corrected chi connectivity index (χ1v) is 11.2. The van der Waals surface area contributed by atoms with Crippen molar-refractivity contribution in [3.05, 3.63) is 77.2 Å². The summed E-state index contributed by atoms with van der Waals surface area (Å²) in [5.41, 5.74) is 2.02. The average molecular weight is 456 g/mol. The number of carbonyl (C=O) groups excluding carboxylic acids is 1. The molecule has 1 aliphatic heterocycles. The minimum absolute atomic E-state index is 0.110.